The van der Waals surface area contributed by atoms with Gasteiger partial charge in [-0.3, -0.25) is 9.36 Å². The van der Waals surface area contributed by atoms with Crippen molar-refractivity contribution in [3.05, 3.63) is 59.8 Å². The van der Waals surface area contributed by atoms with Gasteiger partial charge in [-0.1, -0.05) is 23.9 Å². The van der Waals surface area contributed by atoms with Gasteiger partial charge in [-0.25, -0.2) is 0 Å². The van der Waals surface area contributed by atoms with Crippen molar-refractivity contribution in [2.75, 3.05) is 12.9 Å². The third-order valence-electron chi connectivity index (χ3n) is 5.80. The molecule has 5 rings (SSSR count). The van der Waals surface area contributed by atoms with Crippen molar-refractivity contribution < 1.29 is 13.9 Å². The maximum absolute atomic E-state index is 12.8. The van der Waals surface area contributed by atoms with E-state index in [0.29, 0.717) is 24.1 Å². The van der Waals surface area contributed by atoms with Crippen LogP contribution in [0.3, 0.4) is 0 Å². The number of aromatic nitrogens is 3. The smallest absolute Gasteiger partial charge is 0.230 e. The number of furan rings is 1. The van der Waals surface area contributed by atoms with Crippen LogP contribution in [-0.4, -0.2) is 33.5 Å². The molecule has 162 valence electrons. The van der Waals surface area contributed by atoms with Crippen LogP contribution < -0.4 is 10.1 Å². The number of amides is 1. The Hall–Kier alpha value is -2.74. The van der Waals surface area contributed by atoms with Gasteiger partial charge in [-0.2, -0.15) is 0 Å². The minimum atomic E-state index is 0.0123. The van der Waals surface area contributed by atoms with E-state index in [1.165, 1.54) is 11.8 Å². The number of carbonyl (C=O) groups is 1. The highest BCUT2D eigenvalue weighted by Gasteiger charge is 2.34. The van der Waals surface area contributed by atoms with Crippen molar-refractivity contribution in [1.29, 1.82) is 0 Å². The predicted molar refractivity (Wildman–Crippen MR) is 117 cm³/mol. The third kappa shape index (κ3) is 4.79. The van der Waals surface area contributed by atoms with Gasteiger partial charge in [-0.15, -0.1) is 10.2 Å². The molecular weight excluding hydrogens is 412 g/mol. The molecule has 8 heteroatoms. The van der Waals surface area contributed by atoms with Crippen LogP contribution in [0.15, 0.2) is 52.2 Å². The number of hydrogen-bond donors (Lipinski definition) is 1. The molecule has 0 radical (unpaired) electrons. The first-order chi connectivity index (χ1) is 15.2. The van der Waals surface area contributed by atoms with E-state index in [9.17, 15) is 4.79 Å². The topological polar surface area (TPSA) is 82.2 Å². The van der Waals surface area contributed by atoms with Gasteiger partial charge >= 0.3 is 0 Å². The van der Waals surface area contributed by atoms with Crippen LogP contribution in [0, 0.1) is 5.92 Å². The predicted octanol–water partition coefficient (Wildman–Crippen LogP) is 4.17. The van der Waals surface area contributed by atoms with Crippen molar-refractivity contribution in [1.82, 2.24) is 20.1 Å². The Morgan fingerprint density at radius 3 is 2.68 bits per heavy atom. The van der Waals surface area contributed by atoms with Crippen molar-refractivity contribution in [2.45, 2.75) is 49.3 Å². The number of nitrogens with zero attached hydrogens (tertiary/aromatic N) is 3. The second-order valence-electron chi connectivity index (χ2n) is 8.23. The molecule has 3 aromatic rings. The third-order valence-corrected chi connectivity index (χ3v) is 6.77. The van der Waals surface area contributed by atoms with E-state index in [0.717, 1.165) is 53.7 Å². The standard InChI is InChI=1S/C23H26N4O3S/c1-29-18-10-8-16(9-11-18)21(15-4-5-15)24-20(28)14-31-23-26-25-22(17-6-7-17)27(23)13-19-3-2-12-30-19/h2-3,8-12,15,17,21H,4-7,13-14H2,1H3,(H,24,28). The summed E-state index contributed by atoms with van der Waals surface area (Å²) in [7, 11) is 1.66. The second kappa shape index (κ2) is 8.78. The number of nitrogens with one attached hydrogen (secondary N) is 1. The van der Waals surface area contributed by atoms with E-state index in [-0.39, 0.29) is 11.9 Å². The summed E-state index contributed by atoms with van der Waals surface area (Å²) in [5.41, 5.74) is 1.12. The van der Waals surface area contributed by atoms with Crippen molar-refractivity contribution in [3.8, 4) is 5.75 Å². The van der Waals surface area contributed by atoms with Crippen LogP contribution in [0.1, 0.15) is 54.8 Å². The lowest BCUT2D eigenvalue weighted by Gasteiger charge is -2.19. The highest BCUT2D eigenvalue weighted by atomic mass is 32.2. The van der Waals surface area contributed by atoms with Crippen LogP contribution in [0.25, 0.3) is 0 Å². The highest BCUT2D eigenvalue weighted by Crippen LogP contribution is 2.42. The summed E-state index contributed by atoms with van der Waals surface area (Å²) in [5.74, 6) is 3.97. The van der Waals surface area contributed by atoms with Crippen LogP contribution in [0.4, 0.5) is 0 Å². The number of rotatable bonds is 10. The largest absolute Gasteiger partial charge is 0.497 e. The molecule has 1 aromatic carbocycles. The number of thioether (sulfide) groups is 1. The molecule has 31 heavy (non-hydrogen) atoms. The van der Waals surface area contributed by atoms with Crippen molar-refractivity contribution in [3.63, 3.8) is 0 Å². The molecule has 0 saturated heterocycles. The molecular formula is C23H26N4O3S. The Morgan fingerprint density at radius 1 is 1.23 bits per heavy atom. The first kappa shape index (κ1) is 20.2. The zero-order valence-corrected chi connectivity index (χ0v) is 18.3. The monoisotopic (exact) mass is 438 g/mol. The van der Waals surface area contributed by atoms with E-state index in [4.69, 9.17) is 9.15 Å². The molecule has 2 fully saturated rings. The fourth-order valence-electron chi connectivity index (χ4n) is 3.82. The molecule has 2 aliphatic rings. The van der Waals surface area contributed by atoms with E-state index < -0.39 is 0 Å². The first-order valence-corrected chi connectivity index (χ1v) is 11.7. The van der Waals surface area contributed by atoms with Gasteiger partial charge < -0.3 is 14.5 Å². The molecule has 1 N–H and O–H groups in total. The molecule has 2 heterocycles. The van der Waals surface area contributed by atoms with Gasteiger partial charge in [0.1, 0.15) is 17.3 Å². The maximum Gasteiger partial charge on any atom is 0.230 e. The summed E-state index contributed by atoms with van der Waals surface area (Å²) in [5, 5.41) is 12.8. The lowest BCUT2D eigenvalue weighted by atomic mass is 10.0. The first-order valence-electron chi connectivity index (χ1n) is 10.7. The molecule has 2 aromatic heterocycles. The summed E-state index contributed by atoms with van der Waals surface area (Å²) in [6.07, 6.45) is 6.26. The Kier molecular flexibility index (Phi) is 5.72. The molecule has 1 amide bonds. The minimum Gasteiger partial charge on any atom is -0.497 e. The number of carbonyl (C=O) groups excluding carboxylic acids is 1. The number of methoxy groups -OCH3 is 1. The summed E-state index contributed by atoms with van der Waals surface area (Å²) in [6.45, 7) is 0.590. The molecule has 1 unspecified atom stereocenters. The van der Waals surface area contributed by atoms with E-state index in [1.54, 1.807) is 13.4 Å². The molecule has 7 nitrogen and oxygen atoms in total. The van der Waals surface area contributed by atoms with E-state index in [1.807, 2.05) is 36.4 Å². The summed E-state index contributed by atoms with van der Waals surface area (Å²) < 4.78 is 12.9. The number of benzene rings is 1. The van der Waals surface area contributed by atoms with E-state index >= 15 is 0 Å². The maximum atomic E-state index is 12.8. The highest BCUT2D eigenvalue weighted by molar-refractivity contribution is 7.99. The Labute approximate surface area is 185 Å². The van der Waals surface area contributed by atoms with Crippen LogP contribution >= 0.6 is 11.8 Å². The average molecular weight is 439 g/mol. The minimum absolute atomic E-state index is 0.0123. The number of hydrogen-bond acceptors (Lipinski definition) is 6. The summed E-state index contributed by atoms with van der Waals surface area (Å²) in [4.78, 5) is 12.8. The molecule has 0 bridgehead atoms. The second-order valence-corrected chi connectivity index (χ2v) is 9.17. The lowest BCUT2D eigenvalue weighted by molar-refractivity contribution is -0.119. The van der Waals surface area contributed by atoms with Crippen LogP contribution in [0.5, 0.6) is 5.75 Å². The Balaban J connectivity index is 1.24. The molecule has 2 aliphatic carbocycles. The molecule has 0 spiro atoms. The molecule has 2 saturated carbocycles. The zero-order valence-electron chi connectivity index (χ0n) is 17.5. The van der Waals surface area contributed by atoms with Gasteiger partial charge in [0.15, 0.2) is 5.16 Å². The Morgan fingerprint density at radius 2 is 2.03 bits per heavy atom. The quantitative estimate of drug-likeness (QED) is 0.479. The fourth-order valence-corrected chi connectivity index (χ4v) is 4.57. The van der Waals surface area contributed by atoms with Gasteiger partial charge in [0.25, 0.3) is 0 Å². The lowest BCUT2D eigenvalue weighted by Crippen LogP contribution is -2.31. The zero-order chi connectivity index (χ0) is 21.2. The summed E-state index contributed by atoms with van der Waals surface area (Å²) >= 11 is 1.43. The summed E-state index contributed by atoms with van der Waals surface area (Å²) in [6, 6.07) is 11.8. The van der Waals surface area contributed by atoms with E-state index in [2.05, 4.69) is 20.1 Å². The van der Waals surface area contributed by atoms with Crippen molar-refractivity contribution in [2.24, 2.45) is 5.92 Å². The van der Waals surface area contributed by atoms with Crippen molar-refractivity contribution >= 4 is 17.7 Å². The van der Waals surface area contributed by atoms with Crippen LogP contribution in [0.2, 0.25) is 0 Å². The molecule has 0 aliphatic heterocycles. The SMILES string of the molecule is COc1ccc(C(NC(=O)CSc2nnc(C3CC3)n2Cc2ccco2)C2CC2)cc1. The van der Waals surface area contributed by atoms with Gasteiger partial charge in [0, 0.05) is 5.92 Å². The number of ether oxygens (including phenoxy) is 1. The van der Waals surface area contributed by atoms with Gasteiger partial charge in [0.2, 0.25) is 5.91 Å². The normalized spacial score (nSPS) is 16.8. The molecule has 1 atom stereocenters. The Bertz CT molecular complexity index is 1020. The fraction of sp³-hybridized carbons (Fsp3) is 0.435. The van der Waals surface area contributed by atoms with Gasteiger partial charge in [0.05, 0.1) is 31.7 Å². The van der Waals surface area contributed by atoms with Crippen LogP contribution in [-0.2, 0) is 11.3 Å². The van der Waals surface area contributed by atoms with Gasteiger partial charge in [-0.05, 0) is 61.4 Å². The average Bonchev–Trinajstić information content (AvgIpc) is 3.72.